The van der Waals surface area contributed by atoms with Crippen LogP contribution in [-0.4, -0.2) is 30.4 Å². The molecule has 0 bridgehead atoms. The Balaban J connectivity index is 0.000000845. The number of thioether (sulfide) groups is 2. The Morgan fingerprint density at radius 2 is 1.62 bits per heavy atom. The minimum atomic E-state index is 0. The summed E-state index contributed by atoms with van der Waals surface area (Å²) in [4.78, 5) is 0. The van der Waals surface area contributed by atoms with Gasteiger partial charge in [0.15, 0.2) is 0 Å². The Bertz CT molecular complexity index is 232. The summed E-state index contributed by atoms with van der Waals surface area (Å²) in [6, 6.07) is 10.8. The van der Waals surface area contributed by atoms with Crippen molar-refractivity contribution in [2.24, 2.45) is 0 Å². The average molecular weight is 204 g/mol. The Kier molecular flexibility index (Phi) is 5.43. The second-order valence-electron chi connectivity index (χ2n) is 2.84. The summed E-state index contributed by atoms with van der Waals surface area (Å²) in [6.45, 7) is 0. The van der Waals surface area contributed by atoms with Gasteiger partial charge in [-0.1, -0.05) is 30.3 Å². The molecule has 0 aliphatic carbocycles. The molecule has 2 rings (SSSR count). The maximum atomic E-state index is 2.23. The third kappa shape index (κ3) is 3.29. The zero-order chi connectivity index (χ0) is 8.23. The fraction of sp³-hybridized carbons (Fsp3) is 0.400. The smallest absolute Gasteiger partial charge is 0.0751 e. The molecule has 1 aromatic rings. The van der Waals surface area contributed by atoms with E-state index in [0.29, 0.717) is 4.58 Å². The van der Waals surface area contributed by atoms with E-state index in [-0.39, 0.29) is 18.9 Å². The van der Waals surface area contributed by atoms with Crippen molar-refractivity contribution in [2.45, 2.75) is 11.0 Å². The van der Waals surface area contributed by atoms with Crippen molar-refractivity contribution in [3.05, 3.63) is 35.9 Å². The van der Waals surface area contributed by atoms with Crippen LogP contribution in [-0.2, 0) is 0 Å². The molecule has 1 aromatic carbocycles. The molecular weight excluding hydrogens is 191 g/mol. The van der Waals surface area contributed by atoms with Crippen LogP contribution in [0.1, 0.15) is 16.6 Å². The summed E-state index contributed by atoms with van der Waals surface area (Å²) in [5, 5.41) is 0. The quantitative estimate of drug-likeness (QED) is 0.645. The van der Waals surface area contributed by atoms with Gasteiger partial charge >= 0.3 is 18.9 Å². The maximum Gasteiger partial charge on any atom is 0.0751 e. The molecule has 1 saturated heterocycles. The van der Waals surface area contributed by atoms with Crippen molar-refractivity contribution in [1.29, 1.82) is 0 Å². The summed E-state index contributed by atoms with van der Waals surface area (Å²) in [7, 11) is 0. The molecule has 0 radical (unpaired) electrons. The third-order valence-corrected chi connectivity index (χ3v) is 4.91. The molecule has 0 aromatic heterocycles. The second kappa shape index (κ2) is 6.09. The molecule has 0 nitrogen and oxygen atoms in total. The molecular formula is C10H13LiS2. The van der Waals surface area contributed by atoms with E-state index in [1.165, 1.54) is 23.5 Å². The van der Waals surface area contributed by atoms with Crippen molar-refractivity contribution in [1.82, 2.24) is 0 Å². The van der Waals surface area contributed by atoms with Gasteiger partial charge in [-0.3, -0.25) is 0 Å². The molecule has 0 atom stereocenters. The van der Waals surface area contributed by atoms with E-state index in [4.69, 9.17) is 0 Å². The van der Waals surface area contributed by atoms with E-state index >= 15 is 0 Å². The Morgan fingerprint density at radius 3 is 2.23 bits per heavy atom. The Labute approximate surface area is 100 Å². The maximum absolute atomic E-state index is 2.23. The Hall–Kier alpha value is 0.517. The predicted molar refractivity (Wildman–Crippen MR) is 65.9 cm³/mol. The number of rotatable bonds is 1. The fourth-order valence-electron chi connectivity index (χ4n) is 1.29. The fourth-order valence-corrected chi connectivity index (χ4v) is 4.18. The van der Waals surface area contributed by atoms with Crippen LogP contribution in [0.25, 0.3) is 0 Å². The van der Waals surface area contributed by atoms with E-state index in [0.717, 1.165) is 0 Å². The first-order valence-corrected chi connectivity index (χ1v) is 6.35. The summed E-state index contributed by atoms with van der Waals surface area (Å²) < 4.78 is 0.694. The summed E-state index contributed by atoms with van der Waals surface area (Å²) in [5.74, 6) is 2.65. The predicted octanol–water partition coefficient (Wildman–Crippen LogP) is 2.91. The largest absolute Gasteiger partial charge is 0.143 e. The number of benzene rings is 1. The van der Waals surface area contributed by atoms with Crippen molar-refractivity contribution in [3.63, 3.8) is 0 Å². The molecule has 1 heterocycles. The Morgan fingerprint density at radius 1 is 1.00 bits per heavy atom. The van der Waals surface area contributed by atoms with Crippen LogP contribution in [0.4, 0.5) is 0 Å². The molecule has 1 aliphatic heterocycles. The number of hydrogen-bond acceptors (Lipinski definition) is 2. The number of hydrogen-bond donors (Lipinski definition) is 0. The molecule has 0 saturated carbocycles. The summed E-state index contributed by atoms with van der Waals surface area (Å²) in [5.41, 5.74) is 1.48. The summed E-state index contributed by atoms with van der Waals surface area (Å²) in [6.07, 6.45) is 1.37. The van der Waals surface area contributed by atoms with Gasteiger partial charge in [0.05, 0.1) is 4.58 Å². The van der Waals surface area contributed by atoms with Gasteiger partial charge in [0, 0.05) is 0 Å². The molecule has 0 N–H and O–H groups in total. The van der Waals surface area contributed by atoms with Crippen LogP contribution < -0.4 is 0 Å². The van der Waals surface area contributed by atoms with E-state index in [9.17, 15) is 0 Å². The van der Waals surface area contributed by atoms with Gasteiger partial charge in [-0.05, 0) is 23.5 Å². The zero-order valence-electron chi connectivity index (χ0n) is 6.90. The van der Waals surface area contributed by atoms with Gasteiger partial charge in [-0.25, -0.2) is 0 Å². The molecule has 1 aliphatic rings. The topological polar surface area (TPSA) is 0 Å². The average Bonchev–Trinajstić information content (AvgIpc) is 2.21. The SMILES string of the molecule is [LiH].c1ccc(C2SCCCS2)cc1. The first-order valence-electron chi connectivity index (χ1n) is 4.25. The van der Waals surface area contributed by atoms with Gasteiger partial charge in [-0.2, -0.15) is 0 Å². The van der Waals surface area contributed by atoms with Crippen LogP contribution >= 0.6 is 23.5 Å². The molecule has 1 fully saturated rings. The van der Waals surface area contributed by atoms with E-state index in [1.807, 2.05) is 0 Å². The molecule has 0 unspecified atom stereocenters. The van der Waals surface area contributed by atoms with Gasteiger partial charge in [0.1, 0.15) is 0 Å². The van der Waals surface area contributed by atoms with Crippen LogP contribution in [0.15, 0.2) is 30.3 Å². The minimum Gasteiger partial charge on any atom is -0.143 e. The van der Waals surface area contributed by atoms with E-state index in [1.54, 1.807) is 0 Å². The van der Waals surface area contributed by atoms with Gasteiger partial charge in [0.2, 0.25) is 0 Å². The van der Waals surface area contributed by atoms with Crippen molar-refractivity contribution >= 4 is 42.4 Å². The first-order chi connectivity index (χ1) is 5.97. The van der Waals surface area contributed by atoms with Gasteiger partial charge in [0.25, 0.3) is 0 Å². The third-order valence-electron chi connectivity index (χ3n) is 1.90. The molecule has 3 heteroatoms. The van der Waals surface area contributed by atoms with Crippen LogP contribution in [0.2, 0.25) is 0 Å². The molecule has 0 spiro atoms. The van der Waals surface area contributed by atoms with Crippen LogP contribution in [0, 0.1) is 0 Å². The minimum absolute atomic E-state index is 0. The van der Waals surface area contributed by atoms with E-state index < -0.39 is 0 Å². The van der Waals surface area contributed by atoms with Crippen molar-refractivity contribution < 1.29 is 0 Å². The molecule has 0 amide bonds. The van der Waals surface area contributed by atoms with E-state index in [2.05, 4.69) is 53.9 Å². The summed E-state index contributed by atoms with van der Waals surface area (Å²) >= 11 is 4.16. The van der Waals surface area contributed by atoms with Gasteiger partial charge in [-0.15, -0.1) is 23.5 Å². The standard InChI is InChI=1S/C10H12S2.Li.H/c1-2-5-9(6-3-1)10-11-7-4-8-12-10;;/h1-3,5-6,10H,4,7-8H2;;. The second-order valence-corrected chi connectivity index (χ2v) is 5.56. The molecule has 13 heavy (non-hydrogen) atoms. The van der Waals surface area contributed by atoms with Gasteiger partial charge < -0.3 is 0 Å². The zero-order valence-corrected chi connectivity index (χ0v) is 8.53. The molecule has 66 valence electrons. The van der Waals surface area contributed by atoms with Crippen LogP contribution in [0.5, 0.6) is 0 Å². The van der Waals surface area contributed by atoms with Crippen LogP contribution in [0.3, 0.4) is 0 Å². The van der Waals surface area contributed by atoms with Crippen molar-refractivity contribution in [3.8, 4) is 0 Å². The normalized spacial score (nSPS) is 17.8. The first kappa shape index (κ1) is 11.6. The van der Waals surface area contributed by atoms with Crippen molar-refractivity contribution in [2.75, 3.05) is 11.5 Å². The monoisotopic (exact) mass is 204 g/mol.